The summed E-state index contributed by atoms with van der Waals surface area (Å²) < 4.78 is 15.4. The van der Waals surface area contributed by atoms with E-state index >= 15 is 0 Å². The number of imidazole rings is 1. The Hall–Kier alpha value is -3.02. The van der Waals surface area contributed by atoms with Crippen LogP contribution in [0.15, 0.2) is 42.5 Å². The van der Waals surface area contributed by atoms with E-state index in [1.54, 1.807) is 16.5 Å². The third-order valence-corrected chi connectivity index (χ3v) is 3.85. The number of nitrogens with zero attached hydrogens (tertiary/aromatic N) is 3. The van der Waals surface area contributed by atoms with Crippen molar-refractivity contribution in [3.05, 3.63) is 54.0 Å². The van der Waals surface area contributed by atoms with Crippen molar-refractivity contribution in [2.24, 2.45) is 0 Å². The predicted molar refractivity (Wildman–Crippen MR) is 90.6 cm³/mol. The first kappa shape index (κ1) is 14.6. The van der Waals surface area contributed by atoms with Crippen molar-refractivity contribution >= 4 is 33.6 Å². The van der Waals surface area contributed by atoms with Crippen LogP contribution in [0.3, 0.4) is 0 Å². The predicted octanol–water partition coefficient (Wildman–Crippen LogP) is 3.31. The van der Waals surface area contributed by atoms with Crippen molar-refractivity contribution in [3.8, 4) is 0 Å². The molecule has 4 rings (SSSR count). The van der Waals surface area contributed by atoms with Crippen LogP contribution in [-0.2, 0) is 0 Å². The fourth-order valence-corrected chi connectivity index (χ4v) is 2.88. The second kappa shape index (κ2) is 5.26. The number of rotatable bonds is 2. The number of halogens is 1. The number of aromatic nitrogens is 3. The molecule has 0 spiro atoms. The van der Waals surface area contributed by atoms with Gasteiger partial charge < -0.3 is 5.32 Å². The molecule has 0 saturated heterocycles. The number of pyridine rings is 2. The Balaban J connectivity index is 2.16. The minimum absolute atomic E-state index is 0.00367. The molecule has 0 fully saturated rings. The quantitative estimate of drug-likeness (QED) is 0.576. The maximum absolute atomic E-state index is 13.7. The second-order valence-corrected chi connectivity index (χ2v) is 5.99. The van der Waals surface area contributed by atoms with Crippen molar-refractivity contribution in [2.75, 3.05) is 0 Å². The van der Waals surface area contributed by atoms with Crippen LogP contribution in [0.2, 0.25) is 0 Å². The number of carbonyl (C=O) groups is 1. The van der Waals surface area contributed by atoms with Gasteiger partial charge in [-0.3, -0.25) is 9.20 Å². The fraction of sp³-hybridized carbons (Fsp3) is 0.167. The summed E-state index contributed by atoms with van der Waals surface area (Å²) in [6, 6.07) is 12.1. The second-order valence-electron chi connectivity index (χ2n) is 5.99. The lowest BCUT2D eigenvalue weighted by Gasteiger charge is -2.11. The van der Waals surface area contributed by atoms with Crippen LogP contribution in [0.25, 0.3) is 27.7 Å². The molecule has 0 bridgehead atoms. The van der Waals surface area contributed by atoms with E-state index in [4.69, 9.17) is 0 Å². The van der Waals surface area contributed by atoms with E-state index in [9.17, 15) is 9.18 Å². The van der Waals surface area contributed by atoms with Gasteiger partial charge in [-0.25, -0.2) is 9.97 Å². The monoisotopic (exact) mass is 322 g/mol. The van der Waals surface area contributed by atoms with Gasteiger partial charge in [0.15, 0.2) is 5.65 Å². The highest BCUT2D eigenvalue weighted by Crippen LogP contribution is 2.25. The average Bonchev–Trinajstić information content (AvgIpc) is 2.93. The highest BCUT2D eigenvalue weighted by Gasteiger charge is 2.18. The summed E-state index contributed by atoms with van der Waals surface area (Å²) in [5.41, 5.74) is 2.88. The molecule has 0 radical (unpaired) electrons. The van der Waals surface area contributed by atoms with Crippen LogP contribution in [-0.4, -0.2) is 26.3 Å². The highest BCUT2D eigenvalue weighted by atomic mass is 19.1. The van der Waals surface area contributed by atoms with E-state index in [0.717, 1.165) is 11.0 Å². The van der Waals surface area contributed by atoms with E-state index in [1.165, 1.54) is 6.07 Å². The van der Waals surface area contributed by atoms with E-state index in [2.05, 4.69) is 15.3 Å². The lowest BCUT2D eigenvalue weighted by molar-refractivity contribution is 0.0944. The molecule has 0 aliphatic heterocycles. The number of hydrogen-bond donors (Lipinski definition) is 1. The lowest BCUT2D eigenvalue weighted by atomic mass is 10.1. The summed E-state index contributed by atoms with van der Waals surface area (Å²) in [5.74, 6) is -0.780. The molecule has 5 nitrogen and oxygen atoms in total. The van der Waals surface area contributed by atoms with Crippen LogP contribution < -0.4 is 5.32 Å². The molecule has 1 amide bonds. The lowest BCUT2D eigenvalue weighted by Crippen LogP contribution is -2.30. The van der Waals surface area contributed by atoms with Crippen molar-refractivity contribution in [2.45, 2.75) is 19.9 Å². The van der Waals surface area contributed by atoms with Gasteiger partial charge in [0.25, 0.3) is 5.91 Å². The summed E-state index contributed by atoms with van der Waals surface area (Å²) in [5, 5.41) is 3.57. The zero-order chi connectivity index (χ0) is 16.8. The zero-order valence-electron chi connectivity index (χ0n) is 13.2. The van der Waals surface area contributed by atoms with E-state index in [1.807, 2.05) is 38.1 Å². The first-order valence-corrected chi connectivity index (χ1v) is 7.72. The Labute approximate surface area is 137 Å². The topological polar surface area (TPSA) is 59.3 Å². The molecule has 1 aromatic carbocycles. The summed E-state index contributed by atoms with van der Waals surface area (Å²) in [6.45, 7) is 3.80. The molecule has 24 heavy (non-hydrogen) atoms. The minimum atomic E-state index is -0.569. The molecule has 0 unspecified atom stereocenters. The fourth-order valence-electron chi connectivity index (χ4n) is 2.88. The number of hydrogen-bond acceptors (Lipinski definition) is 3. The van der Waals surface area contributed by atoms with E-state index in [-0.39, 0.29) is 11.9 Å². The summed E-state index contributed by atoms with van der Waals surface area (Å²) >= 11 is 0. The smallest absolute Gasteiger partial charge is 0.255 e. The number of para-hydroxylation sites is 2. The molecule has 3 heterocycles. The summed E-state index contributed by atoms with van der Waals surface area (Å²) in [6.07, 6.45) is 0. The standard InChI is InChI=1S/C18H15FN4O/c1-10(2)20-18(24)12-9-11-7-8-15(19)22-16(11)23-14-6-4-3-5-13(14)21-17(12)23/h3-10H,1-2H3,(H,20,24). The Bertz CT molecular complexity index is 1100. The molecule has 1 N–H and O–H groups in total. The van der Waals surface area contributed by atoms with Crippen LogP contribution in [0.4, 0.5) is 4.39 Å². The number of nitrogens with one attached hydrogen (secondary N) is 1. The van der Waals surface area contributed by atoms with E-state index in [0.29, 0.717) is 22.2 Å². The van der Waals surface area contributed by atoms with Gasteiger partial charge in [0.2, 0.25) is 5.95 Å². The summed E-state index contributed by atoms with van der Waals surface area (Å²) in [4.78, 5) is 21.2. The maximum atomic E-state index is 13.7. The first-order valence-electron chi connectivity index (χ1n) is 7.72. The van der Waals surface area contributed by atoms with Crippen LogP contribution in [0.5, 0.6) is 0 Å². The van der Waals surface area contributed by atoms with Gasteiger partial charge in [-0.1, -0.05) is 12.1 Å². The Morgan fingerprint density at radius 1 is 1.12 bits per heavy atom. The average molecular weight is 322 g/mol. The van der Waals surface area contributed by atoms with Crippen molar-refractivity contribution in [1.29, 1.82) is 0 Å². The number of amides is 1. The SMILES string of the molecule is CC(C)NC(=O)c1cc2ccc(F)nc2n2c1nc1ccccc12. The van der Waals surface area contributed by atoms with Gasteiger partial charge in [0, 0.05) is 11.4 Å². The molecule has 4 aromatic rings. The van der Waals surface area contributed by atoms with Crippen molar-refractivity contribution < 1.29 is 9.18 Å². The highest BCUT2D eigenvalue weighted by molar-refractivity contribution is 6.05. The number of benzene rings is 1. The zero-order valence-corrected chi connectivity index (χ0v) is 13.2. The molecule has 6 heteroatoms. The Morgan fingerprint density at radius 2 is 1.92 bits per heavy atom. The van der Waals surface area contributed by atoms with Gasteiger partial charge in [-0.2, -0.15) is 4.39 Å². The van der Waals surface area contributed by atoms with Crippen LogP contribution in [0, 0.1) is 5.95 Å². The normalized spacial score (nSPS) is 11.7. The van der Waals surface area contributed by atoms with Crippen molar-refractivity contribution in [1.82, 2.24) is 19.7 Å². The van der Waals surface area contributed by atoms with Gasteiger partial charge in [-0.05, 0) is 44.2 Å². The summed E-state index contributed by atoms with van der Waals surface area (Å²) in [7, 11) is 0. The van der Waals surface area contributed by atoms with Crippen molar-refractivity contribution in [3.63, 3.8) is 0 Å². The van der Waals surface area contributed by atoms with E-state index < -0.39 is 5.95 Å². The van der Waals surface area contributed by atoms with Crippen LogP contribution in [0.1, 0.15) is 24.2 Å². The number of fused-ring (bicyclic) bond motifs is 5. The molecule has 0 aliphatic carbocycles. The van der Waals surface area contributed by atoms with Crippen LogP contribution >= 0.6 is 0 Å². The van der Waals surface area contributed by atoms with Gasteiger partial charge in [-0.15, -0.1) is 0 Å². The Morgan fingerprint density at radius 3 is 2.71 bits per heavy atom. The Kier molecular flexibility index (Phi) is 3.19. The molecular weight excluding hydrogens is 307 g/mol. The van der Waals surface area contributed by atoms with Gasteiger partial charge in [0.1, 0.15) is 5.65 Å². The molecule has 0 aliphatic rings. The number of carbonyl (C=O) groups excluding carboxylic acids is 1. The third-order valence-electron chi connectivity index (χ3n) is 3.85. The maximum Gasteiger partial charge on any atom is 0.255 e. The van der Waals surface area contributed by atoms with Gasteiger partial charge >= 0.3 is 0 Å². The first-order chi connectivity index (χ1) is 11.5. The molecule has 0 saturated carbocycles. The molecule has 3 aromatic heterocycles. The molecular formula is C18H15FN4O. The molecule has 0 atom stereocenters. The third kappa shape index (κ3) is 2.19. The van der Waals surface area contributed by atoms with Gasteiger partial charge in [0.05, 0.1) is 16.6 Å². The largest absolute Gasteiger partial charge is 0.350 e. The molecule has 120 valence electrons. The minimum Gasteiger partial charge on any atom is -0.350 e.